The van der Waals surface area contributed by atoms with Gasteiger partial charge in [0.2, 0.25) is 5.78 Å². The maximum Gasteiger partial charge on any atom is 0.231 e. The van der Waals surface area contributed by atoms with E-state index in [1.54, 1.807) is 55.7 Å². The first-order valence-electron chi connectivity index (χ1n) is 10.2. The highest BCUT2D eigenvalue weighted by Gasteiger charge is 2.27. The van der Waals surface area contributed by atoms with Gasteiger partial charge in [-0.25, -0.2) is 0 Å². The van der Waals surface area contributed by atoms with Crippen molar-refractivity contribution >= 4 is 17.6 Å². The zero-order valence-corrected chi connectivity index (χ0v) is 17.8. The van der Waals surface area contributed by atoms with Gasteiger partial charge in [0.25, 0.3) is 0 Å². The summed E-state index contributed by atoms with van der Waals surface area (Å²) in [7, 11) is 1.57. The van der Waals surface area contributed by atoms with Crippen molar-refractivity contribution in [1.29, 1.82) is 0 Å². The summed E-state index contributed by atoms with van der Waals surface area (Å²) >= 11 is 0. The number of fused-ring (bicyclic) bond motifs is 1. The Labute approximate surface area is 186 Å². The highest BCUT2D eigenvalue weighted by molar-refractivity contribution is 6.14. The molecule has 0 aromatic heterocycles. The van der Waals surface area contributed by atoms with Crippen molar-refractivity contribution in [3.05, 3.63) is 89.2 Å². The molecule has 0 amide bonds. The van der Waals surface area contributed by atoms with Gasteiger partial charge < -0.3 is 18.9 Å². The van der Waals surface area contributed by atoms with Gasteiger partial charge >= 0.3 is 0 Å². The van der Waals surface area contributed by atoms with Gasteiger partial charge in [0.05, 0.1) is 19.3 Å². The first kappa shape index (κ1) is 21.2. The van der Waals surface area contributed by atoms with Crippen molar-refractivity contribution in [3.8, 4) is 23.0 Å². The molecule has 0 saturated heterocycles. The first-order valence-corrected chi connectivity index (χ1v) is 10.2. The second-order valence-electron chi connectivity index (χ2n) is 7.04. The number of benzene rings is 3. The number of rotatable bonds is 8. The number of ketones is 2. The van der Waals surface area contributed by atoms with Crippen LogP contribution in [0, 0.1) is 0 Å². The number of hydrogen-bond donors (Lipinski definition) is 0. The predicted molar refractivity (Wildman–Crippen MR) is 120 cm³/mol. The van der Waals surface area contributed by atoms with Gasteiger partial charge in [-0.3, -0.25) is 9.59 Å². The first-order chi connectivity index (χ1) is 15.6. The Morgan fingerprint density at radius 1 is 0.906 bits per heavy atom. The van der Waals surface area contributed by atoms with E-state index in [0.29, 0.717) is 35.0 Å². The summed E-state index contributed by atoms with van der Waals surface area (Å²) in [4.78, 5) is 25.0. The van der Waals surface area contributed by atoms with Crippen molar-refractivity contribution in [2.24, 2.45) is 0 Å². The third-order valence-corrected chi connectivity index (χ3v) is 4.91. The molecule has 1 aliphatic heterocycles. The molecule has 0 unspecified atom stereocenters. The van der Waals surface area contributed by atoms with Crippen LogP contribution in [0.15, 0.2) is 72.5 Å². The molecule has 0 fully saturated rings. The molecule has 0 saturated carbocycles. The molecule has 0 bridgehead atoms. The minimum absolute atomic E-state index is 0.131. The molecule has 1 heterocycles. The van der Waals surface area contributed by atoms with E-state index in [0.717, 1.165) is 11.3 Å². The van der Waals surface area contributed by atoms with E-state index in [9.17, 15) is 9.59 Å². The summed E-state index contributed by atoms with van der Waals surface area (Å²) in [5, 5.41) is 0. The van der Waals surface area contributed by atoms with Crippen LogP contribution in [0.4, 0.5) is 0 Å². The molecule has 6 nitrogen and oxygen atoms in total. The Bertz CT molecular complexity index is 1160. The van der Waals surface area contributed by atoms with Crippen LogP contribution in [0.25, 0.3) is 6.08 Å². The molecule has 3 aromatic carbocycles. The summed E-state index contributed by atoms with van der Waals surface area (Å²) in [6, 6.07) is 19.1. The lowest BCUT2D eigenvalue weighted by Crippen LogP contribution is -2.11. The lowest BCUT2D eigenvalue weighted by atomic mass is 10.1. The van der Waals surface area contributed by atoms with Crippen LogP contribution in [0.2, 0.25) is 0 Å². The standard InChI is InChI=1S/C26H22O6/c1-3-30-20-8-4-17(5-9-20)14-25-26(28)22-13-12-21(15-24(22)32-25)31-16-23(27)18-6-10-19(29-2)11-7-18/h4-15H,3,16H2,1-2H3/b25-14-. The molecule has 6 heteroatoms. The summed E-state index contributed by atoms with van der Waals surface area (Å²) in [5.41, 5.74) is 1.81. The smallest absolute Gasteiger partial charge is 0.231 e. The quantitative estimate of drug-likeness (QED) is 0.371. The third kappa shape index (κ3) is 4.64. The molecule has 0 aliphatic carbocycles. The Hall–Kier alpha value is -4.06. The minimum Gasteiger partial charge on any atom is -0.497 e. The largest absolute Gasteiger partial charge is 0.497 e. The van der Waals surface area contributed by atoms with E-state index in [4.69, 9.17) is 18.9 Å². The monoisotopic (exact) mass is 430 g/mol. The minimum atomic E-state index is -0.199. The highest BCUT2D eigenvalue weighted by atomic mass is 16.5. The third-order valence-electron chi connectivity index (χ3n) is 4.91. The Kier molecular flexibility index (Phi) is 6.22. The van der Waals surface area contributed by atoms with Gasteiger partial charge in [0, 0.05) is 11.6 Å². The van der Waals surface area contributed by atoms with Crippen LogP contribution in [-0.2, 0) is 0 Å². The van der Waals surface area contributed by atoms with Crippen molar-refractivity contribution < 1.29 is 28.5 Å². The summed E-state index contributed by atoms with van der Waals surface area (Å²) < 4.78 is 21.9. The van der Waals surface area contributed by atoms with Gasteiger partial charge in [0.1, 0.15) is 23.0 Å². The van der Waals surface area contributed by atoms with Gasteiger partial charge in [-0.2, -0.15) is 0 Å². The van der Waals surface area contributed by atoms with Crippen LogP contribution >= 0.6 is 0 Å². The second kappa shape index (κ2) is 9.39. The average molecular weight is 430 g/mol. The zero-order valence-electron chi connectivity index (χ0n) is 17.8. The Balaban J connectivity index is 1.42. The van der Waals surface area contributed by atoms with E-state index < -0.39 is 0 Å². The van der Waals surface area contributed by atoms with E-state index >= 15 is 0 Å². The number of carbonyl (C=O) groups excluding carboxylic acids is 2. The van der Waals surface area contributed by atoms with Crippen LogP contribution in [0.5, 0.6) is 23.0 Å². The fraction of sp³-hybridized carbons (Fsp3) is 0.154. The average Bonchev–Trinajstić information content (AvgIpc) is 3.13. The van der Waals surface area contributed by atoms with Gasteiger partial charge in [-0.15, -0.1) is 0 Å². The number of allylic oxidation sites excluding steroid dienone is 1. The van der Waals surface area contributed by atoms with Crippen molar-refractivity contribution in [3.63, 3.8) is 0 Å². The number of carbonyl (C=O) groups is 2. The number of Topliss-reactive ketones (excluding diaryl/α,β-unsaturated/α-hetero) is 2. The molecular weight excluding hydrogens is 408 g/mol. The Morgan fingerprint density at radius 2 is 1.59 bits per heavy atom. The predicted octanol–water partition coefficient (Wildman–Crippen LogP) is 4.97. The molecule has 3 aromatic rings. The topological polar surface area (TPSA) is 71.1 Å². The fourth-order valence-electron chi connectivity index (χ4n) is 3.24. The van der Waals surface area contributed by atoms with E-state index in [1.807, 2.05) is 31.2 Å². The summed E-state index contributed by atoms with van der Waals surface area (Å²) in [5.74, 6) is 2.16. The van der Waals surface area contributed by atoms with Gasteiger partial charge in [0.15, 0.2) is 18.1 Å². The molecule has 0 atom stereocenters. The highest BCUT2D eigenvalue weighted by Crippen LogP contribution is 2.35. The molecule has 32 heavy (non-hydrogen) atoms. The lowest BCUT2D eigenvalue weighted by Gasteiger charge is -2.07. The summed E-state index contributed by atoms with van der Waals surface area (Å²) in [6.07, 6.45) is 1.69. The molecule has 0 radical (unpaired) electrons. The van der Waals surface area contributed by atoms with Crippen molar-refractivity contribution in [2.75, 3.05) is 20.3 Å². The van der Waals surface area contributed by atoms with E-state index in [2.05, 4.69) is 0 Å². The molecule has 1 aliphatic rings. The maximum atomic E-state index is 12.7. The van der Waals surface area contributed by atoms with Crippen molar-refractivity contribution in [1.82, 2.24) is 0 Å². The van der Waals surface area contributed by atoms with Crippen LogP contribution in [0.1, 0.15) is 33.2 Å². The van der Waals surface area contributed by atoms with Gasteiger partial charge in [-0.1, -0.05) is 12.1 Å². The molecule has 162 valence electrons. The molecule has 4 rings (SSSR count). The fourth-order valence-corrected chi connectivity index (χ4v) is 3.24. The number of hydrogen-bond acceptors (Lipinski definition) is 6. The van der Waals surface area contributed by atoms with E-state index in [1.165, 1.54) is 0 Å². The van der Waals surface area contributed by atoms with Crippen LogP contribution < -0.4 is 18.9 Å². The van der Waals surface area contributed by atoms with Crippen molar-refractivity contribution in [2.45, 2.75) is 6.92 Å². The second-order valence-corrected chi connectivity index (χ2v) is 7.04. The normalized spacial score (nSPS) is 13.4. The SMILES string of the molecule is CCOc1ccc(/C=C2\Oc3cc(OCC(=O)c4ccc(OC)cc4)ccc3C2=O)cc1. The summed E-state index contributed by atoms with van der Waals surface area (Å²) in [6.45, 7) is 2.38. The van der Waals surface area contributed by atoms with Crippen LogP contribution in [-0.4, -0.2) is 31.9 Å². The van der Waals surface area contributed by atoms with Crippen LogP contribution in [0.3, 0.4) is 0 Å². The number of methoxy groups -OCH3 is 1. The number of ether oxygens (including phenoxy) is 4. The van der Waals surface area contributed by atoms with Gasteiger partial charge in [-0.05, 0) is 67.1 Å². The lowest BCUT2D eigenvalue weighted by molar-refractivity contribution is 0.0920. The zero-order chi connectivity index (χ0) is 22.5. The Morgan fingerprint density at radius 3 is 2.28 bits per heavy atom. The molecule has 0 spiro atoms. The maximum absolute atomic E-state index is 12.7. The van der Waals surface area contributed by atoms with E-state index in [-0.39, 0.29) is 23.9 Å². The molecule has 0 N–H and O–H groups in total. The molecular formula is C26H22O6.